The van der Waals surface area contributed by atoms with E-state index in [0.717, 1.165) is 19.5 Å². The van der Waals surface area contributed by atoms with Crippen LogP contribution in [0.25, 0.3) is 0 Å². The molecule has 0 unspecified atom stereocenters. The topological polar surface area (TPSA) is 12.0 Å². The summed E-state index contributed by atoms with van der Waals surface area (Å²) < 4.78 is 0. The second-order valence-corrected chi connectivity index (χ2v) is 10.3. The Morgan fingerprint density at radius 1 is 1.12 bits per heavy atom. The van der Waals surface area contributed by atoms with Crippen LogP contribution in [0.15, 0.2) is 42.1 Å². The van der Waals surface area contributed by atoms with Crippen LogP contribution in [0.2, 0.25) is 19.6 Å². The summed E-state index contributed by atoms with van der Waals surface area (Å²) in [6.45, 7) is 9.13. The number of benzene rings is 1. The molecule has 0 radical (unpaired) electrons. The second-order valence-electron chi connectivity index (χ2n) is 5.22. The summed E-state index contributed by atoms with van der Waals surface area (Å²) in [6, 6.07) is 10.5. The number of nitrogens with one attached hydrogen (secondary N) is 1. The normalized spacial score (nSPS) is 12.2. The molecule has 0 heterocycles. The van der Waals surface area contributed by atoms with Crippen molar-refractivity contribution in [2.24, 2.45) is 0 Å². The van der Waals surface area contributed by atoms with E-state index < -0.39 is 8.07 Å². The molecule has 16 heavy (non-hydrogen) atoms. The van der Waals surface area contributed by atoms with Gasteiger partial charge in [-0.25, -0.2) is 0 Å². The van der Waals surface area contributed by atoms with Gasteiger partial charge in [0.15, 0.2) is 0 Å². The van der Waals surface area contributed by atoms with E-state index in [-0.39, 0.29) is 0 Å². The Balaban J connectivity index is 2.11. The van der Waals surface area contributed by atoms with E-state index >= 15 is 0 Å². The Bertz CT molecular complexity index is 311. The van der Waals surface area contributed by atoms with E-state index in [2.05, 4.69) is 67.1 Å². The molecule has 88 valence electrons. The van der Waals surface area contributed by atoms with Crippen molar-refractivity contribution in [2.75, 3.05) is 6.54 Å². The molecule has 0 bridgehead atoms. The van der Waals surface area contributed by atoms with Crippen LogP contribution in [0.3, 0.4) is 0 Å². The van der Waals surface area contributed by atoms with Gasteiger partial charge in [-0.05, 0) is 18.5 Å². The maximum absolute atomic E-state index is 3.45. The van der Waals surface area contributed by atoms with E-state index in [0.29, 0.717) is 0 Å². The highest BCUT2D eigenvalue weighted by Gasteiger charge is 2.05. The standard InChI is InChI=1S/C14H23NSi/c1-16(2,3)12-8-7-11-15-13-14-9-5-4-6-10-14/h4-6,8-10,12,15H,7,11,13H2,1-3H3/b12-8-. The summed E-state index contributed by atoms with van der Waals surface area (Å²) in [5.41, 5.74) is 3.77. The quantitative estimate of drug-likeness (QED) is 0.585. The first-order chi connectivity index (χ1) is 7.58. The third-order valence-corrected chi connectivity index (χ3v) is 3.51. The zero-order valence-electron chi connectivity index (χ0n) is 10.7. The third kappa shape index (κ3) is 6.59. The van der Waals surface area contributed by atoms with E-state index in [1.807, 2.05) is 0 Å². The fourth-order valence-corrected chi connectivity index (χ4v) is 2.32. The summed E-state index contributed by atoms with van der Waals surface area (Å²) in [5.74, 6) is 0. The maximum Gasteiger partial charge on any atom is 0.0682 e. The molecule has 0 aliphatic rings. The van der Waals surface area contributed by atoms with Crippen molar-refractivity contribution < 1.29 is 0 Å². The molecule has 1 aromatic rings. The molecular formula is C14H23NSi. The van der Waals surface area contributed by atoms with Crippen LogP contribution in [0.4, 0.5) is 0 Å². The summed E-state index contributed by atoms with van der Waals surface area (Å²) in [4.78, 5) is 0. The smallest absolute Gasteiger partial charge is 0.0682 e. The Labute approximate surface area is 101 Å². The minimum Gasteiger partial charge on any atom is -0.312 e. The second kappa shape index (κ2) is 6.66. The fourth-order valence-electron chi connectivity index (χ4n) is 1.45. The molecule has 0 saturated heterocycles. The van der Waals surface area contributed by atoms with Crippen LogP contribution in [-0.2, 0) is 6.54 Å². The lowest BCUT2D eigenvalue weighted by atomic mass is 10.2. The molecule has 1 nitrogen and oxygen atoms in total. The lowest BCUT2D eigenvalue weighted by Gasteiger charge is -2.08. The fraction of sp³-hybridized carbons (Fsp3) is 0.429. The molecule has 0 amide bonds. The molecule has 0 spiro atoms. The van der Waals surface area contributed by atoms with Gasteiger partial charge in [0.25, 0.3) is 0 Å². The van der Waals surface area contributed by atoms with Crippen molar-refractivity contribution in [1.29, 1.82) is 0 Å². The van der Waals surface area contributed by atoms with Gasteiger partial charge >= 0.3 is 0 Å². The summed E-state index contributed by atoms with van der Waals surface area (Å²) >= 11 is 0. The first kappa shape index (κ1) is 13.2. The molecule has 0 fully saturated rings. The SMILES string of the molecule is C[Si](C)(C)/C=C\CCNCc1ccccc1. The molecule has 0 aromatic heterocycles. The lowest BCUT2D eigenvalue weighted by Crippen LogP contribution is -2.17. The molecule has 0 saturated carbocycles. The minimum atomic E-state index is -0.990. The van der Waals surface area contributed by atoms with Gasteiger partial charge in [0.1, 0.15) is 0 Å². The highest BCUT2D eigenvalue weighted by Crippen LogP contribution is 2.02. The van der Waals surface area contributed by atoms with Gasteiger partial charge in [0, 0.05) is 6.54 Å². The van der Waals surface area contributed by atoms with Crippen molar-refractivity contribution in [3.05, 3.63) is 47.7 Å². The van der Waals surface area contributed by atoms with Crippen molar-refractivity contribution in [1.82, 2.24) is 5.32 Å². The molecule has 1 aromatic carbocycles. The Morgan fingerprint density at radius 3 is 2.44 bits per heavy atom. The van der Waals surface area contributed by atoms with E-state index in [4.69, 9.17) is 0 Å². The van der Waals surface area contributed by atoms with Gasteiger partial charge in [-0.2, -0.15) is 0 Å². The summed E-state index contributed by atoms with van der Waals surface area (Å²) in [5, 5.41) is 3.45. The van der Waals surface area contributed by atoms with Crippen LogP contribution in [-0.4, -0.2) is 14.6 Å². The van der Waals surface area contributed by atoms with Crippen LogP contribution in [0.1, 0.15) is 12.0 Å². The van der Waals surface area contributed by atoms with Gasteiger partial charge < -0.3 is 5.32 Å². The van der Waals surface area contributed by atoms with Crippen LogP contribution < -0.4 is 5.32 Å². The molecule has 1 N–H and O–H groups in total. The van der Waals surface area contributed by atoms with Gasteiger partial charge in [-0.1, -0.05) is 61.7 Å². The molecule has 2 heteroatoms. The van der Waals surface area contributed by atoms with Gasteiger partial charge in [0.05, 0.1) is 8.07 Å². The maximum atomic E-state index is 3.45. The average molecular weight is 233 g/mol. The number of rotatable bonds is 6. The predicted octanol–water partition coefficient (Wildman–Crippen LogP) is 3.60. The van der Waals surface area contributed by atoms with Gasteiger partial charge in [0.2, 0.25) is 0 Å². The number of hydrogen-bond donors (Lipinski definition) is 1. The zero-order chi connectivity index (χ0) is 11.9. The molecule has 0 aliphatic carbocycles. The third-order valence-electron chi connectivity index (χ3n) is 2.28. The minimum absolute atomic E-state index is 0.974. The molecular weight excluding hydrogens is 210 g/mol. The van der Waals surface area contributed by atoms with Crippen molar-refractivity contribution in [2.45, 2.75) is 32.6 Å². The first-order valence-electron chi connectivity index (χ1n) is 6.00. The van der Waals surface area contributed by atoms with Crippen LogP contribution >= 0.6 is 0 Å². The van der Waals surface area contributed by atoms with Crippen molar-refractivity contribution >= 4 is 8.07 Å². The highest BCUT2D eigenvalue weighted by atomic mass is 28.3. The predicted molar refractivity (Wildman–Crippen MR) is 75.3 cm³/mol. The molecule has 0 aliphatic heterocycles. The Hall–Kier alpha value is -0.863. The Kier molecular flexibility index (Phi) is 5.50. The molecule has 0 atom stereocenters. The van der Waals surface area contributed by atoms with Gasteiger partial charge in [-0.15, -0.1) is 0 Å². The van der Waals surface area contributed by atoms with E-state index in [9.17, 15) is 0 Å². The first-order valence-corrected chi connectivity index (χ1v) is 9.58. The van der Waals surface area contributed by atoms with Crippen molar-refractivity contribution in [3.8, 4) is 0 Å². The van der Waals surface area contributed by atoms with Crippen LogP contribution in [0, 0.1) is 0 Å². The average Bonchev–Trinajstić information content (AvgIpc) is 2.23. The number of hydrogen-bond acceptors (Lipinski definition) is 1. The molecule has 1 rings (SSSR count). The van der Waals surface area contributed by atoms with Crippen LogP contribution in [0.5, 0.6) is 0 Å². The highest BCUT2D eigenvalue weighted by molar-refractivity contribution is 6.80. The van der Waals surface area contributed by atoms with Crippen molar-refractivity contribution in [3.63, 3.8) is 0 Å². The van der Waals surface area contributed by atoms with E-state index in [1.165, 1.54) is 5.56 Å². The monoisotopic (exact) mass is 233 g/mol. The summed E-state index contributed by atoms with van der Waals surface area (Å²) in [7, 11) is -0.990. The largest absolute Gasteiger partial charge is 0.312 e. The lowest BCUT2D eigenvalue weighted by molar-refractivity contribution is 0.695. The summed E-state index contributed by atoms with van der Waals surface area (Å²) in [6.07, 6.45) is 3.46. The Morgan fingerprint density at radius 2 is 1.81 bits per heavy atom. The van der Waals surface area contributed by atoms with E-state index in [1.54, 1.807) is 0 Å². The zero-order valence-corrected chi connectivity index (χ0v) is 11.7. The van der Waals surface area contributed by atoms with Gasteiger partial charge in [-0.3, -0.25) is 0 Å².